The molecule has 1 aliphatic heterocycles. The summed E-state index contributed by atoms with van der Waals surface area (Å²) < 4.78 is 5.40. The Morgan fingerprint density at radius 2 is 1.82 bits per heavy atom. The first-order valence-corrected chi connectivity index (χ1v) is 11.0. The molecule has 3 aromatic rings. The molecule has 0 spiro atoms. The molecule has 0 radical (unpaired) electrons. The Labute approximate surface area is 201 Å². The van der Waals surface area contributed by atoms with Crippen molar-refractivity contribution in [1.29, 1.82) is 0 Å². The summed E-state index contributed by atoms with van der Waals surface area (Å²) in [6.45, 7) is 1.79. The summed E-state index contributed by atoms with van der Waals surface area (Å²) in [5, 5.41) is 6.25. The summed E-state index contributed by atoms with van der Waals surface area (Å²) >= 11 is 12.1. The molecule has 2 N–H and O–H groups in total. The number of likely N-dealkylation sites (N-methyl/N-ethyl adjacent to an activating group) is 1. The molecular weight excluding hydrogens is 463 g/mol. The van der Waals surface area contributed by atoms with Gasteiger partial charge in [-0.15, -0.1) is 0 Å². The largest absolute Gasteiger partial charge is 0.494 e. The van der Waals surface area contributed by atoms with Gasteiger partial charge in [-0.05, 0) is 54.9 Å². The van der Waals surface area contributed by atoms with Crippen LogP contribution in [0.25, 0.3) is 0 Å². The minimum atomic E-state index is -0.505. The van der Waals surface area contributed by atoms with Gasteiger partial charge in [-0.3, -0.25) is 9.59 Å². The molecule has 0 unspecified atom stereocenters. The monoisotopic (exact) mass is 484 g/mol. The zero-order valence-electron chi connectivity index (χ0n) is 18.1. The van der Waals surface area contributed by atoms with E-state index in [1.165, 1.54) is 31.0 Å². The number of benzene rings is 2. The summed E-state index contributed by atoms with van der Waals surface area (Å²) in [5.74, 6) is -0.282. The maximum Gasteiger partial charge on any atom is 0.259 e. The zero-order valence-corrected chi connectivity index (χ0v) is 19.6. The molecule has 0 fully saturated rings. The number of nitrogens with one attached hydrogen (secondary N) is 2. The van der Waals surface area contributed by atoms with Crippen LogP contribution in [0.1, 0.15) is 31.8 Å². The van der Waals surface area contributed by atoms with Crippen LogP contribution in [0.5, 0.6) is 5.75 Å². The second-order valence-electron chi connectivity index (χ2n) is 7.77. The smallest absolute Gasteiger partial charge is 0.259 e. The van der Waals surface area contributed by atoms with Gasteiger partial charge in [0, 0.05) is 35.9 Å². The molecule has 170 valence electrons. The van der Waals surface area contributed by atoms with E-state index in [9.17, 15) is 9.59 Å². The zero-order chi connectivity index (χ0) is 23.5. The lowest BCUT2D eigenvalue weighted by Crippen LogP contribution is -2.27. The molecule has 33 heavy (non-hydrogen) atoms. The number of methoxy groups -OCH3 is 1. The molecule has 2 heterocycles. The Kier molecular flexibility index (Phi) is 6.83. The van der Waals surface area contributed by atoms with E-state index >= 15 is 0 Å². The highest BCUT2D eigenvalue weighted by Crippen LogP contribution is 2.33. The lowest BCUT2D eigenvalue weighted by Gasteiger charge is -2.25. The number of hydrogen-bond donors (Lipinski definition) is 2. The number of nitrogens with zero attached hydrogens (tertiary/aromatic N) is 2. The fraction of sp³-hybridized carbons (Fsp3) is 0.208. The van der Waals surface area contributed by atoms with Crippen LogP contribution in [0.4, 0.5) is 11.5 Å². The van der Waals surface area contributed by atoms with E-state index in [1.807, 2.05) is 12.1 Å². The van der Waals surface area contributed by atoms with E-state index in [4.69, 9.17) is 27.9 Å². The number of pyridine rings is 1. The van der Waals surface area contributed by atoms with Crippen molar-refractivity contribution in [2.75, 3.05) is 31.3 Å². The predicted molar refractivity (Wildman–Crippen MR) is 130 cm³/mol. The van der Waals surface area contributed by atoms with Gasteiger partial charge in [0.1, 0.15) is 11.6 Å². The maximum absolute atomic E-state index is 13.1. The first-order valence-electron chi connectivity index (χ1n) is 10.3. The summed E-state index contributed by atoms with van der Waals surface area (Å²) in [6.07, 6.45) is 2.30. The Balaban J connectivity index is 1.63. The molecule has 0 atom stereocenters. The van der Waals surface area contributed by atoms with Gasteiger partial charge in [0.05, 0.1) is 23.4 Å². The highest BCUT2D eigenvalue weighted by molar-refractivity contribution is 6.32. The number of carbonyl (C=O) groups excluding carboxylic acids is 2. The van der Waals surface area contributed by atoms with Crippen LogP contribution in [-0.4, -0.2) is 42.4 Å². The third kappa shape index (κ3) is 5.27. The van der Waals surface area contributed by atoms with Crippen LogP contribution in [-0.2, 0) is 13.0 Å². The summed E-state index contributed by atoms with van der Waals surface area (Å²) in [7, 11) is 3.52. The molecule has 9 heteroatoms. The van der Waals surface area contributed by atoms with Gasteiger partial charge in [0.25, 0.3) is 11.8 Å². The van der Waals surface area contributed by atoms with Crippen molar-refractivity contribution in [3.8, 4) is 5.75 Å². The third-order valence-electron chi connectivity index (χ3n) is 5.41. The quantitative estimate of drug-likeness (QED) is 0.538. The molecule has 2 amide bonds. The van der Waals surface area contributed by atoms with Crippen LogP contribution in [0.3, 0.4) is 0 Å². The second-order valence-corrected chi connectivity index (χ2v) is 8.64. The number of ether oxygens (including phenoxy) is 1. The summed E-state index contributed by atoms with van der Waals surface area (Å²) in [5.41, 5.74) is 3.22. The Hall–Kier alpha value is -3.13. The molecule has 1 aliphatic rings. The van der Waals surface area contributed by atoms with Gasteiger partial charge < -0.3 is 20.3 Å². The molecular formula is C24H22Cl2N4O3. The van der Waals surface area contributed by atoms with Gasteiger partial charge in [-0.1, -0.05) is 29.3 Å². The normalized spacial score (nSPS) is 13.2. The molecule has 0 aliphatic carbocycles. The van der Waals surface area contributed by atoms with E-state index in [-0.39, 0.29) is 27.9 Å². The van der Waals surface area contributed by atoms with Crippen LogP contribution in [0.15, 0.2) is 48.7 Å². The standard InChI is InChI=1S/C24H22Cl2N4O3/c1-30-8-7-14-9-15(3-4-16(14)13-30)23(31)29-22-19(10-18(26)11-20(22)33-2)24(32)28-21-6-5-17(25)12-27-21/h3-6,9-12H,7-8,13H2,1-2H3,(H,29,31)(H,27,28,32). The fourth-order valence-corrected chi connectivity index (χ4v) is 4.03. The van der Waals surface area contributed by atoms with Crippen molar-refractivity contribution in [3.63, 3.8) is 0 Å². The number of aromatic nitrogens is 1. The lowest BCUT2D eigenvalue weighted by molar-refractivity contribution is 0.102. The van der Waals surface area contributed by atoms with Crippen molar-refractivity contribution < 1.29 is 14.3 Å². The minimum absolute atomic E-state index is 0.143. The third-order valence-corrected chi connectivity index (χ3v) is 5.85. The number of halogens is 2. The van der Waals surface area contributed by atoms with Crippen LogP contribution >= 0.6 is 23.2 Å². The molecule has 0 bridgehead atoms. The van der Waals surface area contributed by atoms with Gasteiger partial charge in [0.15, 0.2) is 0 Å². The predicted octanol–water partition coefficient (Wildman–Crippen LogP) is 4.89. The molecule has 4 rings (SSSR count). The first kappa shape index (κ1) is 23.0. The van der Waals surface area contributed by atoms with Crippen LogP contribution in [0.2, 0.25) is 10.0 Å². The molecule has 0 saturated heterocycles. The highest BCUT2D eigenvalue weighted by Gasteiger charge is 2.22. The SMILES string of the molecule is COc1cc(Cl)cc(C(=O)Nc2ccc(Cl)cn2)c1NC(=O)c1ccc2c(c1)CCN(C)C2. The van der Waals surface area contributed by atoms with Crippen molar-refractivity contribution in [1.82, 2.24) is 9.88 Å². The second kappa shape index (κ2) is 9.79. The maximum atomic E-state index is 13.1. The van der Waals surface area contributed by atoms with E-state index < -0.39 is 5.91 Å². The average Bonchev–Trinajstić information content (AvgIpc) is 2.80. The average molecular weight is 485 g/mol. The first-order chi connectivity index (χ1) is 15.8. The van der Waals surface area contributed by atoms with Crippen molar-refractivity contribution in [2.45, 2.75) is 13.0 Å². The summed E-state index contributed by atoms with van der Waals surface area (Å²) in [4.78, 5) is 32.5. The highest BCUT2D eigenvalue weighted by atomic mass is 35.5. The fourth-order valence-electron chi connectivity index (χ4n) is 3.71. The Morgan fingerprint density at radius 1 is 1.00 bits per heavy atom. The van der Waals surface area contributed by atoms with E-state index in [1.54, 1.807) is 18.2 Å². The summed E-state index contributed by atoms with van der Waals surface area (Å²) in [6, 6.07) is 11.8. The van der Waals surface area contributed by atoms with E-state index in [2.05, 4.69) is 27.6 Å². The van der Waals surface area contributed by atoms with Crippen molar-refractivity contribution in [2.24, 2.45) is 0 Å². The molecule has 7 nitrogen and oxygen atoms in total. The van der Waals surface area contributed by atoms with E-state index in [0.29, 0.717) is 16.4 Å². The number of rotatable bonds is 5. The molecule has 2 aromatic carbocycles. The number of fused-ring (bicyclic) bond motifs is 1. The Morgan fingerprint density at radius 3 is 2.55 bits per heavy atom. The number of amides is 2. The van der Waals surface area contributed by atoms with Crippen LogP contribution < -0.4 is 15.4 Å². The molecule has 1 aromatic heterocycles. The van der Waals surface area contributed by atoms with Gasteiger partial charge >= 0.3 is 0 Å². The lowest BCUT2D eigenvalue weighted by atomic mass is 9.97. The topological polar surface area (TPSA) is 83.6 Å². The minimum Gasteiger partial charge on any atom is -0.494 e. The van der Waals surface area contributed by atoms with E-state index in [0.717, 1.165) is 25.1 Å². The molecule has 0 saturated carbocycles. The number of carbonyl (C=O) groups is 2. The van der Waals surface area contributed by atoms with Gasteiger partial charge in [-0.2, -0.15) is 0 Å². The van der Waals surface area contributed by atoms with Gasteiger partial charge in [0.2, 0.25) is 0 Å². The van der Waals surface area contributed by atoms with Gasteiger partial charge in [-0.25, -0.2) is 4.98 Å². The van der Waals surface area contributed by atoms with Crippen molar-refractivity contribution in [3.05, 3.63) is 81.0 Å². The van der Waals surface area contributed by atoms with Crippen LogP contribution in [0, 0.1) is 0 Å². The number of anilines is 2. The van der Waals surface area contributed by atoms with Crippen molar-refractivity contribution >= 4 is 46.5 Å². The Bertz CT molecular complexity index is 1220. The number of hydrogen-bond acceptors (Lipinski definition) is 5.